The lowest BCUT2D eigenvalue weighted by Gasteiger charge is -2.25. The molecule has 0 radical (unpaired) electrons. The summed E-state index contributed by atoms with van der Waals surface area (Å²) in [5.74, 6) is -0.160. The van der Waals surface area contributed by atoms with Crippen LogP contribution in [0.15, 0.2) is 54.6 Å². The lowest BCUT2D eigenvalue weighted by Crippen LogP contribution is -2.56. The van der Waals surface area contributed by atoms with Crippen LogP contribution in [0.4, 0.5) is 5.69 Å². The van der Waals surface area contributed by atoms with Crippen LogP contribution in [-0.2, 0) is 19.1 Å². The number of nitrogens with one attached hydrogen (secondary N) is 3. The summed E-state index contributed by atoms with van der Waals surface area (Å²) < 4.78 is 15.0. The Bertz CT molecular complexity index is 1000. The highest BCUT2D eigenvalue weighted by Gasteiger charge is 2.49. The topological polar surface area (TPSA) is 115 Å². The predicted molar refractivity (Wildman–Crippen MR) is 130 cm³/mol. The van der Waals surface area contributed by atoms with Crippen molar-refractivity contribution in [2.45, 2.75) is 36.1 Å². The zero-order valence-electron chi connectivity index (χ0n) is 19.5. The average Bonchev–Trinajstić information content (AvgIpc) is 3.16. The van der Waals surface area contributed by atoms with E-state index in [0.29, 0.717) is 17.2 Å². The fourth-order valence-electron chi connectivity index (χ4n) is 3.48. The molecule has 1 saturated heterocycles. The van der Waals surface area contributed by atoms with E-state index in [1.54, 1.807) is 55.6 Å². The molecule has 1 fully saturated rings. The van der Waals surface area contributed by atoms with E-state index in [0.717, 1.165) is 0 Å². The molecule has 2 amide bonds. The monoisotopic (exact) mass is 487 g/mol. The first-order valence-corrected chi connectivity index (χ1v) is 11.6. The molecule has 0 aliphatic carbocycles. The number of rotatable bonds is 9. The molecule has 1 aliphatic heterocycles. The maximum atomic E-state index is 13.3. The van der Waals surface area contributed by atoms with Gasteiger partial charge in [-0.1, -0.05) is 18.2 Å². The van der Waals surface area contributed by atoms with Crippen molar-refractivity contribution in [3.05, 3.63) is 54.6 Å². The molecule has 0 aromatic heterocycles. The number of amides is 2. The largest absolute Gasteiger partial charge is 0.497 e. The van der Waals surface area contributed by atoms with Crippen LogP contribution in [0.2, 0.25) is 0 Å². The summed E-state index contributed by atoms with van der Waals surface area (Å²) in [6.45, 7) is 3.49. The standard InChI is InChI=1S/C24H29N3O6S/c1-24(2)20(23(30)32-4)27-22(34-24)19(21(29)25-15-10-12-16(31-3)13-11-15)26-18(28)14-33-17-8-6-5-7-9-17/h5-13,19-20,22,27H,14H2,1-4H3,(H,25,29)(H,26,28)/t19-,20?,22+/m0/s1. The van der Waals surface area contributed by atoms with E-state index in [1.807, 2.05) is 19.9 Å². The van der Waals surface area contributed by atoms with E-state index < -0.39 is 40.0 Å². The van der Waals surface area contributed by atoms with Gasteiger partial charge < -0.3 is 24.8 Å². The third-order valence-electron chi connectivity index (χ3n) is 5.27. The zero-order chi connectivity index (χ0) is 24.7. The number of para-hydroxylation sites is 1. The van der Waals surface area contributed by atoms with Crippen molar-refractivity contribution in [3.8, 4) is 11.5 Å². The SMILES string of the molecule is COC(=O)C1N[C@@H]([C@@H](NC(=O)COc2ccccc2)C(=O)Nc2ccc(OC)cc2)SC1(C)C. The zero-order valence-corrected chi connectivity index (χ0v) is 20.3. The van der Waals surface area contributed by atoms with Crippen LogP contribution < -0.4 is 25.4 Å². The van der Waals surface area contributed by atoms with Crippen molar-refractivity contribution in [1.82, 2.24) is 10.6 Å². The van der Waals surface area contributed by atoms with Crippen molar-refractivity contribution in [3.63, 3.8) is 0 Å². The number of ether oxygens (including phenoxy) is 3. The summed E-state index contributed by atoms with van der Waals surface area (Å²) in [5, 5.41) is 8.13. The van der Waals surface area contributed by atoms with Crippen LogP contribution >= 0.6 is 11.8 Å². The first kappa shape index (κ1) is 25.4. The number of esters is 1. The van der Waals surface area contributed by atoms with E-state index in [2.05, 4.69) is 16.0 Å². The number of hydrogen-bond acceptors (Lipinski definition) is 8. The molecule has 1 unspecified atom stereocenters. The molecule has 0 bridgehead atoms. The van der Waals surface area contributed by atoms with E-state index >= 15 is 0 Å². The van der Waals surface area contributed by atoms with Gasteiger partial charge in [0.15, 0.2) is 6.61 Å². The lowest BCUT2D eigenvalue weighted by molar-refractivity contribution is -0.143. The minimum Gasteiger partial charge on any atom is -0.497 e. The average molecular weight is 488 g/mol. The maximum Gasteiger partial charge on any atom is 0.324 e. The molecule has 2 aromatic carbocycles. The molecular formula is C24H29N3O6S. The highest BCUT2D eigenvalue weighted by atomic mass is 32.2. The minimum absolute atomic E-state index is 0.266. The molecule has 2 aromatic rings. The number of hydrogen-bond donors (Lipinski definition) is 3. The van der Waals surface area contributed by atoms with Crippen LogP contribution in [0.5, 0.6) is 11.5 Å². The molecule has 182 valence electrons. The molecule has 10 heteroatoms. The van der Waals surface area contributed by atoms with Gasteiger partial charge in [0, 0.05) is 10.4 Å². The van der Waals surface area contributed by atoms with Crippen LogP contribution in [0, 0.1) is 0 Å². The highest BCUT2D eigenvalue weighted by molar-refractivity contribution is 8.01. The summed E-state index contributed by atoms with van der Waals surface area (Å²) in [6, 6.07) is 14.1. The smallest absolute Gasteiger partial charge is 0.324 e. The Morgan fingerprint density at radius 3 is 2.32 bits per heavy atom. The van der Waals surface area contributed by atoms with Crippen LogP contribution in [0.3, 0.4) is 0 Å². The Morgan fingerprint density at radius 2 is 1.71 bits per heavy atom. The normalized spacial score (nSPS) is 19.5. The van der Waals surface area contributed by atoms with Gasteiger partial charge in [-0.15, -0.1) is 11.8 Å². The molecule has 1 aliphatic rings. The van der Waals surface area contributed by atoms with Gasteiger partial charge in [0.25, 0.3) is 5.91 Å². The summed E-state index contributed by atoms with van der Waals surface area (Å²) >= 11 is 1.38. The molecule has 0 saturated carbocycles. The van der Waals surface area contributed by atoms with Gasteiger partial charge in [0.1, 0.15) is 23.6 Å². The molecule has 34 heavy (non-hydrogen) atoms. The predicted octanol–water partition coefficient (Wildman–Crippen LogP) is 2.18. The second-order valence-corrected chi connectivity index (χ2v) is 9.93. The van der Waals surface area contributed by atoms with Gasteiger partial charge in [-0.2, -0.15) is 0 Å². The van der Waals surface area contributed by atoms with Gasteiger partial charge in [-0.25, -0.2) is 0 Å². The maximum absolute atomic E-state index is 13.3. The van der Waals surface area contributed by atoms with E-state index in [9.17, 15) is 14.4 Å². The quantitative estimate of drug-likeness (QED) is 0.461. The van der Waals surface area contributed by atoms with Crippen molar-refractivity contribution in [2.24, 2.45) is 0 Å². The Balaban J connectivity index is 1.75. The summed E-state index contributed by atoms with van der Waals surface area (Å²) in [5.41, 5.74) is 0.539. The van der Waals surface area contributed by atoms with Crippen LogP contribution in [0.25, 0.3) is 0 Å². The van der Waals surface area contributed by atoms with E-state index in [-0.39, 0.29) is 6.61 Å². The van der Waals surface area contributed by atoms with Crippen LogP contribution in [-0.4, -0.2) is 60.8 Å². The summed E-state index contributed by atoms with van der Waals surface area (Å²) in [4.78, 5) is 38.2. The summed E-state index contributed by atoms with van der Waals surface area (Å²) in [6.07, 6.45) is 0. The second kappa shape index (κ2) is 11.3. The number of thioether (sulfide) groups is 1. The number of benzene rings is 2. The van der Waals surface area contributed by atoms with Crippen molar-refractivity contribution < 1.29 is 28.6 Å². The van der Waals surface area contributed by atoms with Gasteiger partial charge >= 0.3 is 5.97 Å². The van der Waals surface area contributed by atoms with Crippen molar-refractivity contribution in [2.75, 3.05) is 26.1 Å². The summed E-state index contributed by atoms with van der Waals surface area (Å²) in [7, 11) is 2.87. The van der Waals surface area contributed by atoms with Gasteiger partial charge in [0.05, 0.1) is 19.6 Å². The van der Waals surface area contributed by atoms with Crippen LogP contribution in [0.1, 0.15) is 13.8 Å². The lowest BCUT2D eigenvalue weighted by atomic mass is 10.0. The van der Waals surface area contributed by atoms with Crippen molar-refractivity contribution in [1.29, 1.82) is 0 Å². The van der Waals surface area contributed by atoms with E-state index in [1.165, 1.54) is 18.9 Å². The highest BCUT2D eigenvalue weighted by Crippen LogP contribution is 2.39. The fourth-order valence-corrected chi connectivity index (χ4v) is 4.97. The van der Waals surface area contributed by atoms with Gasteiger partial charge in [-0.3, -0.25) is 19.7 Å². The molecule has 3 atom stereocenters. The Labute approximate surface area is 202 Å². The Kier molecular flexibility index (Phi) is 8.41. The molecule has 1 heterocycles. The number of carbonyl (C=O) groups excluding carboxylic acids is 3. The van der Waals surface area contributed by atoms with Gasteiger partial charge in [0.2, 0.25) is 5.91 Å². The minimum atomic E-state index is -0.993. The number of carbonyl (C=O) groups is 3. The Hall–Kier alpha value is -3.24. The number of anilines is 1. The van der Waals surface area contributed by atoms with Gasteiger partial charge in [-0.05, 0) is 50.2 Å². The number of methoxy groups -OCH3 is 2. The molecular weight excluding hydrogens is 458 g/mol. The molecule has 9 nitrogen and oxygen atoms in total. The Morgan fingerprint density at radius 1 is 1.03 bits per heavy atom. The van der Waals surface area contributed by atoms with Crippen molar-refractivity contribution >= 4 is 35.2 Å². The second-order valence-electron chi connectivity index (χ2n) is 8.13. The van der Waals surface area contributed by atoms with E-state index in [4.69, 9.17) is 14.2 Å². The molecule has 0 spiro atoms. The first-order chi connectivity index (χ1) is 16.2. The molecule has 3 N–H and O–H groups in total. The fraction of sp³-hybridized carbons (Fsp3) is 0.375. The molecule has 3 rings (SSSR count). The third kappa shape index (κ3) is 6.42. The first-order valence-electron chi connectivity index (χ1n) is 10.7. The third-order valence-corrected chi connectivity index (χ3v) is 6.77.